The largest absolute Gasteiger partial charge is 0.298 e. The van der Waals surface area contributed by atoms with Gasteiger partial charge in [-0.2, -0.15) is 0 Å². The van der Waals surface area contributed by atoms with Gasteiger partial charge in [0.15, 0.2) is 0 Å². The van der Waals surface area contributed by atoms with Gasteiger partial charge in [0.25, 0.3) is 0 Å². The highest BCUT2D eigenvalue weighted by atomic mass is 32.1. The predicted octanol–water partition coefficient (Wildman–Crippen LogP) is 1.42. The van der Waals surface area contributed by atoms with Gasteiger partial charge in [0, 0.05) is 43.3 Å². The zero-order valence-electron chi connectivity index (χ0n) is 8.93. The van der Waals surface area contributed by atoms with Gasteiger partial charge in [-0.25, -0.2) is 0 Å². The molecule has 0 amide bonds. The van der Waals surface area contributed by atoms with Crippen LogP contribution in [0.2, 0.25) is 0 Å². The first-order valence-corrected chi connectivity index (χ1v) is 6.63. The van der Waals surface area contributed by atoms with Crippen molar-refractivity contribution in [2.45, 2.75) is 25.4 Å². The van der Waals surface area contributed by atoms with Gasteiger partial charge >= 0.3 is 0 Å². The molecule has 82 valence electrons. The Balaban J connectivity index is 1.59. The monoisotopic (exact) mass is 223 g/mol. The first-order valence-electron chi connectivity index (χ1n) is 5.75. The molecule has 1 unspecified atom stereocenters. The van der Waals surface area contributed by atoms with E-state index in [1.807, 2.05) is 11.7 Å². The van der Waals surface area contributed by atoms with Crippen molar-refractivity contribution in [1.82, 2.24) is 14.8 Å². The van der Waals surface area contributed by atoms with E-state index in [1.165, 1.54) is 43.9 Å². The molecule has 0 N–H and O–H groups in total. The van der Waals surface area contributed by atoms with Crippen LogP contribution in [-0.4, -0.2) is 47.0 Å². The topological polar surface area (TPSA) is 19.4 Å². The SMILES string of the molecule is c1ncc(CN2CCN3CCCC3C2)s1. The number of hydrogen-bond donors (Lipinski definition) is 0. The summed E-state index contributed by atoms with van der Waals surface area (Å²) in [4.78, 5) is 10.8. The van der Waals surface area contributed by atoms with E-state index in [4.69, 9.17) is 0 Å². The van der Waals surface area contributed by atoms with Crippen molar-refractivity contribution in [1.29, 1.82) is 0 Å². The van der Waals surface area contributed by atoms with Crippen LogP contribution in [0.4, 0.5) is 0 Å². The Labute approximate surface area is 94.7 Å². The molecular formula is C11H17N3S. The second-order valence-electron chi connectivity index (χ2n) is 4.53. The van der Waals surface area contributed by atoms with E-state index >= 15 is 0 Å². The normalized spacial score (nSPS) is 28.1. The van der Waals surface area contributed by atoms with E-state index in [-0.39, 0.29) is 0 Å². The fourth-order valence-electron chi connectivity index (χ4n) is 2.74. The summed E-state index contributed by atoms with van der Waals surface area (Å²) in [6, 6.07) is 0.840. The van der Waals surface area contributed by atoms with Crippen LogP contribution in [0.25, 0.3) is 0 Å². The Kier molecular flexibility index (Phi) is 2.73. The number of piperazine rings is 1. The van der Waals surface area contributed by atoms with E-state index in [0.717, 1.165) is 12.6 Å². The van der Waals surface area contributed by atoms with Gasteiger partial charge < -0.3 is 0 Å². The molecule has 3 heterocycles. The Bertz CT molecular complexity index is 312. The zero-order valence-corrected chi connectivity index (χ0v) is 9.75. The molecule has 2 aliphatic rings. The van der Waals surface area contributed by atoms with Gasteiger partial charge in [0.05, 0.1) is 5.51 Å². The van der Waals surface area contributed by atoms with Gasteiger partial charge in [0.1, 0.15) is 0 Å². The summed E-state index contributed by atoms with van der Waals surface area (Å²) in [5.74, 6) is 0. The lowest BCUT2D eigenvalue weighted by atomic mass is 10.1. The van der Waals surface area contributed by atoms with Gasteiger partial charge in [-0.15, -0.1) is 11.3 Å². The molecule has 3 nitrogen and oxygen atoms in total. The molecule has 0 spiro atoms. The van der Waals surface area contributed by atoms with Crippen LogP contribution in [0.1, 0.15) is 17.7 Å². The summed E-state index contributed by atoms with van der Waals surface area (Å²) in [7, 11) is 0. The predicted molar refractivity (Wildman–Crippen MR) is 62.0 cm³/mol. The first-order chi connectivity index (χ1) is 7.42. The first kappa shape index (κ1) is 9.75. The summed E-state index contributed by atoms with van der Waals surface area (Å²) >= 11 is 1.78. The average Bonchev–Trinajstić information content (AvgIpc) is 2.87. The molecule has 1 aromatic heterocycles. The molecule has 0 aliphatic carbocycles. The molecule has 3 rings (SSSR count). The quantitative estimate of drug-likeness (QED) is 0.756. The Morgan fingerprint density at radius 2 is 2.40 bits per heavy atom. The molecule has 2 aliphatic heterocycles. The fourth-order valence-corrected chi connectivity index (χ4v) is 3.38. The lowest BCUT2D eigenvalue weighted by Crippen LogP contribution is -2.49. The highest BCUT2D eigenvalue weighted by Crippen LogP contribution is 2.22. The van der Waals surface area contributed by atoms with Crippen LogP contribution in [0, 0.1) is 0 Å². The smallest absolute Gasteiger partial charge is 0.0794 e. The molecule has 4 heteroatoms. The van der Waals surface area contributed by atoms with Gasteiger partial charge in [0.2, 0.25) is 0 Å². The molecule has 1 atom stereocenters. The van der Waals surface area contributed by atoms with Crippen molar-refractivity contribution in [3.8, 4) is 0 Å². The lowest BCUT2D eigenvalue weighted by Gasteiger charge is -2.37. The number of nitrogens with zero attached hydrogens (tertiary/aromatic N) is 3. The Hall–Kier alpha value is -0.450. The van der Waals surface area contributed by atoms with Crippen LogP contribution in [-0.2, 0) is 6.54 Å². The van der Waals surface area contributed by atoms with Gasteiger partial charge in [-0.3, -0.25) is 14.8 Å². The summed E-state index contributed by atoms with van der Waals surface area (Å²) in [5, 5.41) is 0. The van der Waals surface area contributed by atoms with Gasteiger partial charge in [-0.05, 0) is 19.4 Å². The summed E-state index contributed by atoms with van der Waals surface area (Å²) in [6.45, 7) is 6.20. The van der Waals surface area contributed by atoms with Crippen LogP contribution >= 0.6 is 11.3 Å². The van der Waals surface area contributed by atoms with Crippen molar-refractivity contribution in [2.24, 2.45) is 0 Å². The third-order valence-electron chi connectivity index (χ3n) is 3.53. The molecular weight excluding hydrogens is 206 g/mol. The molecule has 1 aromatic rings. The van der Waals surface area contributed by atoms with E-state index < -0.39 is 0 Å². The maximum Gasteiger partial charge on any atom is 0.0794 e. The van der Waals surface area contributed by atoms with E-state index in [2.05, 4.69) is 14.8 Å². The summed E-state index contributed by atoms with van der Waals surface area (Å²) < 4.78 is 0. The maximum atomic E-state index is 4.14. The van der Waals surface area contributed by atoms with E-state index in [1.54, 1.807) is 11.3 Å². The highest BCUT2D eigenvalue weighted by molar-refractivity contribution is 7.09. The van der Waals surface area contributed by atoms with Crippen LogP contribution < -0.4 is 0 Å². The van der Waals surface area contributed by atoms with Crippen molar-refractivity contribution < 1.29 is 0 Å². The van der Waals surface area contributed by atoms with E-state index in [9.17, 15) is 0 Å². The Morgan fingerprint density at radius 1 is 1.40 bits per heavy atom. The number of hydrogen-bond acceptors (Lipinski definition) is 4. The van der Waals surface area contributed by atoms with Crippen LogP contribution in [0.5, 0.6) is 0 Å². The average molecular weight is 223 g/mol. The number of aromatic nitrogens is 1. The molecule has 0 saturated carbocycles. The molecule has 2 saturated heterocycles. The van der Waals surface area contributed by atoms with Crippen molar-refractivity contribution >= 4 is 11.3 Å². The summed E-state index contributed by atoms with van der Waals surface area (Å²) in [6.07, 6.45) is 4.81. The van der Waals surface area contributed by atoms with E-state index in [0.29, 0.717) is 0 Å². The molecule has 0 bridgehead atoms. The minimum atomic E-state index is 0.840. The highest BCUT2D eigenvalue weighted by Gasteiger charge is 2.30. The standard InChI is InChI=1S/C11H17N3S/c1-2-10-7-13(4-5-14(10)3-1)8-11-6-12-9-15-11/h6,9-10H,1-5,7-8H2. The van der Waals surface area contributed by atoms with Gasteiger partial charge in [-0.1, -0.05) is 0 Å². The van der Waals surface area contributed by atoms with Crippen LogP contribution in [0.3, 0.4) is 0 Å². The second kappa shape index (κ2) is 4.20. The van der Waals surface area contributed by atoms with Crippen molar-refractivity contribution in [3.63, 3.8) is 0 Å². The second-order valence-corrected chi connectivity index (χ2v) is 5.51. The minimum Gasteiger partial charge on any atom is -0.298 e. The zero-order chi connectivity index (χ0) is 10.1. The lowest BCUT2D eigenvalue weighted by molar-refractivity contribution is 0.100. The third kappa shape index (κ3) is 2.07. The minimum absolute atomic E-state index is 0.840. The summed E-state index contributed by atoms with van der Waals surface area (Å²) in [5.41, 5.74) is 1.93. The molecule has 0 aromatic carbocycles. The van der Waals surface area contributed by atoms with Crippen molar-refractivity contribution in [3.05, 3.63) is 16.6 Å². The van der Waals surface area contributed by atoms with Crippen molar-refractivity contribution in [2.75, 3.05) is 26.2 Å². The number of rotatable bonds is 2. The Morgan fingerprint density at radius 3 is 3.27 bits per heavy atom. The molecule has 2 fully saturated rings. The number of thiazole rings is 1. The fraction of sp³-hybridized carbons (Fsp3) is 0.727. The molecule has 15 heavy (non-hydrogen) atoms. The van der Waals surface area contributed by atoms with Crippen LogP contribution in [0.15, 0.2) is 11.7 Å². The molecule has 0 radical (unpaired) electrons. The maximum absolute atomic E-state index is 4.14. The third-order valence-corrected chi connectivity index (χ3v) is 4.30. The number of fused-ring (bicyclic) bond motifs is 1.